The average molecular weight is 216 g/mol. The largest absolute Gasteiger partial charge is 0.313 e. The third-order valence-corrected chi connectivity index (χ3v) is 3.53. The Morgan fingerprint density at radius 1 is 1.36 bits per heavy atom. The minimum atomic E-state index is 0.898. The summed E-state index contributed by atoms with van der Waals surface area (Å²) in [5, 5.41) is 3.47. The molecule has 1 rings (SSSR count). The van der Waals surface area contributed by atoms with E-state index in [1.165, 1.54) is 31.3 Å². The zero-order valence-corrected chi connectivity index (χ0v) is 10.1. The predicted octanol–water partition coefficient (Wildman–Crippen LogP) is 3.54. The fourth-order valence-corrected chi connectivity index (χ4v) is 2.12. The smallest absolute Gasteiger partial charge is 0.0173 e. The summed E-state index contributed by atoms with van der Waals surface area (Å²) in [6, 6.07) is 0. The van der Waals surface area contributed by atoms with Crippen LogP contribution in [-0.4, -0.2) is 13.1 Å². The SMILES string of the molecule is CC(=CCl)CNCC1CCC(C)CC1. The molecule has 0 radical (unpaired) electrons. The highest BCUT2D eigenvalue weighted by atomic mass is 35.5. The maximum absolute atomic E-state index is 5.59. The lowest BCUT2D eigenvalue weighted by atomic mass is 9.83. The van der Waals surface area contributed by atoms with Crippen molar-refractivity contribution in [3.05, 3.63) is 11.1 Å². The molecule has 0 aliphatic heterocycles. The molecule has 1 saturated carbocycles. The molecule has 1 nitrogen and oxygen atoms in total. The summed E-state index contributed by atoms with van der Waals surface area (Å²) in [4.78, 5) is 0. The highest BCUT2D eigenvalue weighted by Crippen LogP contribution is 2.27. The van der Waals surface area contributed by atoms with Gasteiger partial charge in [-0.05, 0) is 43.7 Å². The lowest BCUT2D eigenvalue weighted by Gasteiger charge is -2.26. The van der Waals surface area contributed by atoms with E-state index in [9.17, 15) is 0 Å². The van der Waals surface area contributed by atoms with Gasteiger partial charge in [-0.25, -0.2) is 0 Å². The molecule has 0 atom stereocenters. The maximum Gasteiger partial charge on any atom is 0.0173 e. The van der Waals surface area contributed by atoms with E-state index in [0.717, 1.165) is 24.9 Å². The summed E-state index contributed by atoms with van der Waals surface area (Å²) in [5.74, 6) is 1.85. The monoisotopic (exact) mass is 215 g/mol. The van der Waals surface area contributed by atoms with E-state index < -0.39 is 0 Å². The molecule has 0 spiro atoms. The van der Waals surface area contributed by atoms with Crippen molar-refractivity contribution < 1.29 is 0 Å². The van der Waals surface area contributed by atoms with Crippen molar-refractivity contribution in [1.29, 1.82) is 0 Å². The highest BCUT2D eigenvalue weighted by molar-refractivity contribution is 6.25. The minimum Gasteiger partial charge on any atom is -0.313 e. The first-order chi connectivity index (χ1) is 6.72. The summed E-state index contributed by atoms with van der Waals surface area (Å²) >= 11 is 5.59. The van der Waals surface area contributed by atoms with E-state index in [4.69, 9.17) is 11.6 Å². The number of nitrogens with one attached hydrogen (secondary N) is 1. The molecule has 0 heterocycles. The van der Waals surface area contributed by atoms with Gasteiger partial charge in [-0.1, -0.05) is 31.4 Å². The Bertz CT molecular complexity index is 181. The standard InChI is InChI=1S/C12H22ClN/c1-10-3-5-12(6-4-10)9-14-8-11(2)7-13/h7,10,12,14H,3-6,8-9H2,1-2H3. The van der Waals surface area contributed by atoms with Crippen LogP contribution in [0.3, 0.4) is 0 Å². The molecule has 1 aliphatic carbocycles. The van der Waals surface area contributed by atoms with Gasteiger partial charge >= 0.3 is 0 Å². The van der Waals surface area contributed by atoms with E-state index in [1.54, 1.807) is 5.54 Å². The van der Waals surface area contributed by atoms with Crippen molar-refractivity contribution >= 4 is 11.6 Å². The Kier molecular flexibility index (Phi) is 5.57. The molecule has 1 aliphatic rings. The molecule has 0 aromatic heterocycles. The summed E-state index contributed by atoms with van der Waals surface area (Å²) in [6.07, 6.45) is 5.63. The number of halogens is 1. The normalized spacial score (nSPS) is 29.2. The molecule has 0 bridgehead atoms. The predicted molar refractivity (Wildman–Crippen MR) is 63.6 cm³/mol. The second-order valence-electron chi connectivity index (χ2n) is 4.71. The molecule has 1 N–H and O–H groups in total. The summed E-state index contributed by atoms with van der Waals surface area (Å²) < 4.78 is 0. The second-order valence-corrected chi connectivity index (χ2v) is 4.93. The van der Waals surface area contributed by atoms with Gasteiger partial charge in [-0.3, -0.25) is 0 Å². The summed E-state index contributed by atoms with van der Waals surface area (Å²) in [7, 11) is 0. The molecule has 0 aromatic rings. The van der Waals surface area contributed by atoms with E-state index in [2.05, 4.69) is 19.2 Å². The van der Waals surface area contributed by atoms with Crippen molar-refractivity contribution in [2.75, 3.05) is 13.1 Å². The summed E-state index contributed by atoms with van der Waals surface area (Å²) in [5.41, 5.74) is 2.88. The van der Waals surface area contributed by atoms with E-state index >= 15 is 0 Å². The quantitative estimate of drug-likeness (QED) is 0.757. The van der Waals surface area contributed by atoms with E-state index in [-0.39, 0.29) is 0 Å². The van der Waals surface area contributed by atoms with Crippen molar-refractivity contribution in [3.8, 4) is 0 Å². The van der Waals surface area contributed by atoms with Crippen LogP contribution >= 0.6 is 11.6 Å². The van der Waals surface area contributed by atoms with Gasteiger partial charge in [0.15, 0.2) is 0 Å². The first-order valence-electron chi connectivity index (χ1n) is 5.69. The molecule has 2 heteroatoms. The molecule has 0 aromatic carbocycles. The zero-order chi connectivity index (χ0) is 10.4. The average Bonchev–Trinajstić information content (AvgIpc) is 2.21. The third-order valence-electron chi connectivity index (χ3n) is 3.16. The molecule has 0 saturated heterocycles. The highest BCUT2D eigenvalue weighted by Gasteiger charge is 2.17. The lowest BCUT2D eigenvalue weighted by Crippen LogP contribution is -2.27. The van der Waals surface area contributed by atoms with Crippen molar-refractivity contribution in [2.45, 2.75) is 39.5 Å². The van der Waals surface area contributed by atoms with Gasteiger partial charge in [0.25, 0.3) is 0 Å². The van der Waals surface area contributed by atoms with Crippen LogP contribution in [0.1, 0.15) is 39.5 Å². The van der Waals surface area contributed by atoms with Crippen LogP contribution in [0.25, 0.3) is 0 Å². The zero-order valence-electron chi connectivity index (χ0n) is 9.35. The molecule has 0 amide bonds. The molecule has 82 valence electrons. The molecular formula is C12H22ClN. The topological polar surface area (TPSA) is 12.0 Å². The first-order valence-corrected chi connectivity index (χ1v) is 6.12. The second kappa shape index (κ2) is 6.47. The Balaban J connectivity index is 2.07. The number of rotatable bonds is 4. The first kappa shape index (κ1) is 12.1. The fourth-order valence-electron chi connectivity index (χ4n) is 2.05. The van der Waals surface area contributed by atoms with Crippen LogP contribution in [0.2, 0.25) is 0 Å². The van der Waals surface area contributed by atoms with E-state index in [0.29, 0.717) is 0 Å². The van der Waals surface area contributed by atoms with Gasteiger partial charge in [0.05, 0.1) is 0 Å². The van der Waals surface area contributed by atoms with Crippen LogP contribution in [0.4, 0.5) is 0 Å². The van der Waals surface area contributed by atoms with Gasteiger partial charge < -0.3 is 5.32 Å². The molecule has 14 heavy (non-hydrogen) atoms. The Morgan fingerprint density at radius 2 is 2.00 bits per heavy atom. The lowest BCUT2D eigenvalue weighted by molar-refractivity contribution is 0.284. The number of hydrogen-bond acceptors (Lipinski definition) is 1. The Hall–Kier alpha value is -0.0100. The van der Waals surface area contributed by atoms with Gasteiger partial charge in [0.2, 0.25) is 0 Å². The molecular weight excluding hydrogens is 194 g/mol. The fraction of sp³-hybridized carbons (Fsp3) is 0.833. The Morgan fingerprint density at radius 3 is 2.57 bits per heavy atom. The van der Waals surface area contributed by atoms with Crippen molar-refractivity contribution in [1.82, 2.24) is 5.32 Å². The van der Waals surface area contributed by atoms with Crippen molar-refractivity contribution in [2.24, 2.45) is 11.8 Å². The van der Waals surface area contributed by atoms with Crippen LogP contribution in [0.15, 0.2) is 11.1 Å². The molecule has 1 fully saturated rings. The molecule has 0 unspecified atom stereocenters. The van der Waals surface area contributed by atoms with Gasteiger partial charge in [-0.15, -0.1) is 0 Å². The van der Waals surface area contributed by atoms with Gasteiger partial charge in [-0.2, -0.15) is 0 Å². The minimum absolute atomic E-state index is 0.898. The van der Waals surface area contributed by atoms with E-state index in [1.807, 2.05) is 0 Å². The third kappa shape index (κ3) is 4.47. The van der Waals surface area contributed by atoms with Gasteiger partial charge in [0, 0.05) is 12.1 Å². The Labute approximate surface area is 92.9 Å². The van der Waals surface area contributed by atoms with Gasteiger partial charge in [0.1, 0.15) is 0 Å². The summed E-state index contributed by atoms with van der Waals surface area (Å²) in [6.45, 7) is 6.53. The van der Waals surface area contributed by atoms with Crippen molar-refractivity contribution in [3.63, 3.8) is 0 Å². The van der Waals surface area contributed by atoms with Crippen LogP contribution in [0, 0.1) is 11.8 Å². The van der Waals surface area contributed by atoms with Crippen LogP contribution < -0.4 is 5.32 Å². The van der Waals surface area contributed by atoms with Crippen LogP contribution in [-0.2, 0) is 0 Å². The number of hydrogen-bond donors (Lipinski definition) is 1. The van der Waals surface area contributed by atoms with Crippen LogP contribution in [0.5, 0.6) is 0 Å². The maximum atomic E-state index is 5.59.